The molecule has 6 heteroatoms. The Kier molecular flexibility index (Phi) is 4.99. The summed E-state index contributed by atoms with van der Waals surface area (Å²) in [6, 6.07) is 3.94. The summed E-state index contributed by atoms with van der Waals surface area (Å²) in [5.74, 6) is 3.29. The minimum Gasteiger partial charge on any atom is -0.467 e. The van der Waals surface area contributed by atoms with E-state index >= 15 is 0 Å². The molecule has 1 saturated heterocycles. The van der Waals surface area contributed by atoms with Crippen molar-refractivity contribution in [2.24, 2.45) is 11.8 Å². The van der Waals surface area contributed by atoms with Gasteiger partial charge in [-0.2, -0.15) is 0 Å². The van der Waals surface area contributed by atoms with Crippen LogP contribution in [0.3, 0.4) is 0 Å². The van der Waals surface area contributed by atoms with Crippen molar-refractivity contribution in [3.05, 3.63) is 24.2 Å². The van der Waals surface area contributed by atoms with E-state index in [9.17, 15) is 0 Å². The van der Waals surface area contributed by atoms with E-state index in [0.717, 1.165) is 30.0 Å². The molecule has 0 aromatic carbocycles. The first kappa shape index (κ1) is 16.4. The Morgan fingerprint density at radius 2 is 2.00 bits per heavy atom. The molecular formula is C17H26N4OS. The van der Waals surface area contributed by atoms with Crippen molar-refractivity contribution < 1.29 is 4.42 Å². The number of thioether (sulfide) groups is 1. The van der Waals surface area contributed by atoms with E-state index in [1.165, 1.54) is 6.42 Å². The molecule has 2 unspecified atom stereocenters. The predicted molar refractivity (Wildman–Crippen MR) is 94.0 cm³/mol. The summed E-state index contributed by atoms with van der Waals surface area (Å²) in [4.78, 5) is 2.39. The highest BCUT2D eigenvalue weighted by molar-refractivity contribution is 7.99. The van der Waals surface area contributed by atoms with Crippen LogP contribution in [0, 0.1) is 11.8 Å². The van der Waals surface area contributed by atoms with Crippen LogP contribution in [0.25, 0.3) is 0 Å². The van der Waals surface area contributed by atoms with Crippen LogP contribution in [0.5, 0.6) is 0 Å². The number of nitrogens with zero attached hydrogens (tertiary/aromatic N) is 4. The second-order valence-electron chi connectivity index (χ2n) is 6.97. The van der Waals surface area contributed by atoms with E-state index in [4.69, 9.17) is 4.42 Å². The lowest BCUT2D eigenvalue weighted by atomic mass is 9.92. The van der Waals surface area contributed by atoms with Gasteiger partial charge in [-0.25, -0.2) is 0 Å². The van der Waals surface area contributed by atoms with Gasteiger partial charge in [0.2, 0.25) is 5.95 Å². The van der Waals surface area contributed by atoms with E-state index in [1.54, 1.807) is 18.0 Å². The standard InChI is InChI=1S/C17H26N4OS/c1-12(2)23-17-19-18-16(20-9-13(3)8-14(4)10-20)21(17)11-15-6-5-7-22-15/h5-7,12-14H,8-11H2,1-4H3. The van der Waals surface area contributed by atoms with Gasteiger partial charge in [0.1, 0.15) is 5.76 Å². The van der Waals surface area contributed by atoms with E-state index in [-0.39, 0.29) is 0 Å². The smallest absolute Gasteiger partial charge is 0.228 e. The highest BCUT2D eigenvalue weighted by atomic mass is 32.2. The molecule has 0 spiro atoms. The molecule has 0 aliphatic carbocycles. The number of hydrogen-bond donors (Lipinski definition) is 0. The summed E-state index contributed by atoms with van der Waals surface area (Å²) in [5.41, 5.74) is 0. The molecule has 3 heterocycles. The summed E-state index contributed by atoms with van der Waals surface area (Å²) in [7, 11) is 0. The van der Waals surface area contributed by atoms with Gasteiger partial charge in [-0.15, -0.1) is 10.2 Å². The summed E-state index contributed by atoms with van der Waals surface area (Å²) in [6.07, 6.45) is 3.01. The lowest BCUT2D eigenvalue weighted by Crippen LogP contribution is -2.40. The van der Waals surface area contributed by atoms with E-state index in [1.807, 2.05) is 12.1 Å². The molecule has 0 N–H and O–H groups in total. The average Bonchev–Trinajstić information content (AvgIpc) is 3.09. The van der Waals surface area contributed by atoms with Crippen molar-refractivity contribution in [1.82, 2.24) is 14.8 Å². The lowest BCUT2D eigenvalue weighted by molar-refractivity contribution is 0.350. The Morgan fingerprint density at radius 1 is 1.26 bits per heavy atom. The SMILES string of the molecule is CC1CC(C)CN(c2nnc(SC(C)C)n2Cc2ccco2)C1. The normalized spacial score (nSPS) is 22.0. The fourth-order valence-corrected chi connectivity index (χ4v) is 4.12. The fourth-order valence-electron chi connectivity index (χ4n) is 3.34. The molecule has 126 valence electrons. The van der Waals surface area contributed by atoms with Crippen LogP contribution in [0.15, 0.2) is 28.0 Å². The average molecular weight is 334 g/mol. The van der Waals surface area contributed by atoms with Crippen LogP contribution in [-0.4, -0.2) is 33.1 Å². The number of aromatic nitrogens is 3. The van der Waals surface area contributed by atoms with Crippen LogP contribution in [-0.2, 0) is 6.54 Å². The first-order valence-electron chi connectivity index (χ1n) is 8.40. The quantitative estimate of drug-likeness (QED) is 0.776. The first-order valence-corrected chi connectivity index (χ1v) is 9.28. The van der Waals surface area contributed by atoms with Gasteiger partial charge < -0.3 is 9.32 Å². The summed E-state index contributed by atoms with van der Waals surface area (Å²) >= 11 is 1.75. The monoisotopic (exact) mass is 334 g/mol. The van der Waals surface area contributed by atoms with E-state index in [0.29, 0.717) is 23.6 Å². The molecule has 0 radical (unpaired) electrons. The first-order chi connectivity index (χ1) is 11.0. The van der Waals surface area contributed by atoms with Crippen molar-refractivity contribution in [1.29, 1.82) is 0 Å². The number of piperidine rings is 1. The zero-order valence-electron chi connectivity index (χ0n) is 14.4. The molecule has 2 aromatic heterocycles. The number of furan rings is 1. The van der Waals surface area contributed by atoms with Gasteiger partial charge in [0.05, 0.1) is 12.8 Å². The van der Waals surface area contributed by atoms with Crippen LogP contribution in [0.2, 0.25) is 0 Å². The third-order valence-corrected chi connectivity index (χ3v) is 5.07. The maximum atomic E-state index is 5.55. The second kappa shape index (κ2) is 6.99. The van der Waals surface area contributed by atoms with Crippen LogP contribution in [0.1, 0.15) is 39.9 Å². The van der Waals surface area contributed by atoms with Crippen molar-refractivity contribution in [2.75, 3.05) is 18.0 Å². The Morgan fingerprint density at radius 3 is 2.61 bits per heavy atom. The minimum absolute atomic E-state index is 0.474. The summed E-state index contributed by atoms with van der Waals surface area (Å²) < 4.78 is 7.75. The molecule has 2 aromatic rings. The zero-order valence-corrected chi connectivity index (χ0v) is 15.2. The van der Waals surface area contributed by atoms with Gasteiger partial charge in [0.25, 0.3) is 0 Å². The van der Waals surface area contributed by atoms with Gasteiger partial charge in [-0.1, -0.05) is 39.5 Å². The summed E-state index contributed by atoms with van der Waals surface area (Å²) in [6.45, 7) is 11.8. The van der Waals surface area contributed by atoms with Gasteiger partial charge in [0, 0.05) is 18.3 Å². The molecule has 1 aliphatic rings. The van der Waals surface area contributed by atoms with Gasteiger partial charge in [0.15, 0.2) is 5.16 Å². The van der Waals surface area contributed by atoms with Crippen LogP contribution < -0.4 is 4.90 Å². The van der Waals surface area contributed by atoms with Gasteiger partial charge >= 0.3 is 0 Å². The molecule has 0 saturated carbocycles. The fraction of sp³-hybridized carbons (Fsp3) is 0.647. The lowest BCUT2D eigenvalue weighted by Gasteiger charge is -2.35. The third-order valence-electron chi connectivity index (χ3n) is 4.08. The van der Waals surface area contributed by atoms with E-state index in [2.05, 4.69) is 47.4 Å². The summed E-state index contributed by atoms with van der Waals surface area (Å²) in [5, 5.41) is 10.4. The van der Waals surface area contributed by atoms with Gasteiger partial charge in [-0.3, -0.25) is 4.57 Å². The molecule has 0 amide bonds. The number of hydrogen-bond acceptors (Lipinski definition) is 5. The maximum absolute atomic E-state index is 5.55. The maximum Gasteiger partial charge on any atom is 0.228 e. The molecule has 2 atom stereocenters. The Hall–Kier alpha value is -1.43. The minimum atomic E-state index is 0.474. The van der Waals surface area contributed by atoms with Crippen molar-refractivity contribution in [3.63, 3.8) is 0 Å². The highest BCUT2D eigenvalue weighted by Gasteiger charge is 2.27. The molecule has 1 aliphatic heterocycles. The third kappa shape index (κ3) is 3.91. The number of rotatable bonds is 5. The van der Waals surface area contributed by atoms with Crippen LogP contribution in [0.4, 0.5) is 5.95 Å². The highest BCUT2D eigenvalue weighted by Crippen LogP contribution is 2.30. The Labute approximate surface area is 142 Å². The van der Waals surface area contributed by atoms with Crippen LogP contribution >= 0.6 is 11.8 Å². The topological polar surface area (TPSA) is 47.1 Å². The zero-order chi connectivity index (χ0) is 16.4. The molecule has 23 heavy (non-hydrogen) atoms. The molecular weight excluding hydrogens is 308 g/mol. The van der Waals surface area contributed by atoms with Crippen molar-refractivity contribution >= 4 is 17.7 Å². The Bertz CT molecular complexity index is 613. The molecule has 3 rings (SSSR count). The van der Waals surface area contributed by atoms with Crippen molar-refractivity contribution in [3.8, 4) is 0 Å². The number of anilines is 1. The Balaban J connectivity index is 1.90. The largest absolute Gasteiger partial charge is 0.467 e. The molecule has 0 bridgehead atoms. The molecule has 5 nitrogen and oxygen atoms in total. The predicted octanol–water partition coefficient (Wildman–Crippen LogP) is 3.90. The van der Waals surface area contributed by atoms with Crippen molar-refractivity contribution in [2.45, 2.75) is 51.1 Å². The molecule has 1 fully saturated rings. The van der Waals surface area contributed by atoms with Gasteiger partial charge in [-0.05, 0) is 30.4 Å². The van der Waals surface area contributed by atoms with E-state index < -0.39 is 0 Å². The second-order valence-corrected chi connectivity index (χ2v) is 8.51.